The van der Waals surface area contributed by atoms with Gasteiger partial charge in [-0.1, -0.05) is 83.8 Å². The SMILES string of the molecule is CCCCCCCC/C=C\CCCCCCCCN(CCC)[Si](OC)(OC)OC. The summed E-state index contributed by atoms with van der Waals surface area (Å²) in [6, 6.07) is 0. The molecular formula is C24H51NO3Si. The second-order valence-electron chi connectivity index (χ2n) is 8.06. The minimum Gasteiger partial charge on any atom is -0.364 e. The van der Waals surface area contributed by atoms with Crippen LogP contribution in [0.25, 0.3) is 0 Å². The zero-order valence-electron chi connectivity index (χ0n) is 20.3. The maximum Gasteiger partial charge on any atom is 0.598 e. The first-order chi connectivity index (χ1) is 14.2. The lowest BCUT2D eigenvalue weighted by Gasteiger charge is -2.35. The van der Waals surface area contributed by atoms with E-state index in [9.17, 15) is 0 Å². The molecule has 0 amide bonds. The molecule has 174 valence electrons. The standard InChI is InChI=1S/C24H51NO3Si/c1-6-8-9-10-11-12-13-14-15-16-17-18-19-20-21-22-24-25(23-7-2)29(26-3,27-4)28-5/h14-15H,6-13,16-24H2,1-5H3/b15-14-. The number of hydrogen-bond donors (Lipinski definition) is 0. The number of nitrogens with zero attached hydrogens (tertiary/aromatic N) is 1. The van der Waals surface area contributed by atoms with Crippen LogP contribution in [0.2, 0.25) is 0 Å². The highest BCUT2D eigenvalue weighted by Gasteiger charge is 2.45. The Morgan fingerprint density at radius 1 is 0.552 bits per heavy atom. The topological polar surface area (TPSA) is 30.9 Å². The van der Waals surface area contributed by atoms with E-state index in [0.717, 1.165) is 19.5 Å². The minimum absolute atomic E-state index is 0.965. The maximum absolute atomic E-state index is 5.64. The van der Waals surface area contributed by atoms with E-state index in [-0.39, 0.29) is 0 Å². The van der Waals surface area contributed by atoms with E-state index in [0.29, 0.717) is 0 Å². The van der Waals surface area contributed by atoms with E-state index in [1.54, 1.807) is 21.3 Å². The van der Waals surface area contributed by atoms with Crippen molar-refractivity contribution in [2.24, 2.45) is 0 Å². The summed E-state index contributed by atoms with van der Waals surface area (Å²) in [6.07, 6.45) is 24.6. The molecule has 0 radical (unpaired) electrons. The molecule has 0 bridgehead atoms. The molecule has 0 aliphatic rings. The predicted octanol–water partition coefficient (Wildman–Crippen LogP) is 7.11. The largest absolute Gasteiger partial charge is 0.598 e. The third-order valence-electron chi connectivity index (χ3n) is 5.59. The number of rotatable bonds is 22. The van der Waals surface area contributed by atoms with Crippen LogP contribution in [-0.4, -0.2) is 48.0 Å². The Balaban J connectivity index is 3.65. The number of unbranched alkanes of at least 4 members (excludes halogenated alkanes) is 12. The van der Waals surface area contributed by atoms with Gasteiger partial charge in [0, 0.05) is 21.3 Å². The van der Waals surface area contributed by atoms with Crippen molar-refractivity contribution in [2.75, 3.05) is 34.4 Å². The molecule has 0 saturated heterocycles. The molecule has 0 unspecified atom stereocenters. The predicted molar refractivity (Wildman–Crippen MR) is 128 cm³/mol. The Bertz CT molecular complexity index is 354. The normalized spacial score (nSPS) is 12.5. The summed E-state index contributed by atoms with van der Waals surface area (Å²) in [5, 5.41) is 0. The monoisotopic (exact) mass is 429 g/mol. The third-order valence-corrected chi connectivity index (χ3v) is 8.36. The molecule has 0 aromatic rings. The van der Waals surface area contributed by atoms with Crippen LogP contribution < -0.4 is 0 Å². The molecule has 0 saturated carbocycles. The summed E-state index contributed by atoms with van der Waals surface area (Å²) < 4.78 is 19.2. The number of allylic oxidation sites excluding steroid dienone is 2. The van der Waals surface area contributed by atoms with Crippen molar-refractivity contribution in [1.82, 2.24) is 4.57 Å². The van der Waals surface area contributed by atoms with E-state index >= 15 is 0 Å². The molecule has 0 rings (SSSR count). The third kappa shape index (κ3) is 14.4. The molecule has 0 spiro atoms. The second kappa shape index (κ2) is 21.0. The van der Waals surface area contributed by atoms with Crippen LogP contribution in [0.5, 0.6) is 0 Å². The van der Waals surface area contributed by atoms with Gasteiger partial charge in [0.15, 0.2) is 0 Å². The van der Waals surface area contributed by atoms with Crippen molar-refractivity contribution in [2.45, 2.75) is 110 Å². The van der Waals surface area contributed by atoms with Crippen LogP contribution in [0.1, 0.15) is 110 Å². The van der Waals surface area contributed by atoms with E-state index in [4.69, 9.17) is 13.3 Å². The Labute approximate surface area is 183 Å². The lowest BCUT2D eigenvalue weighted by molar-refractivity contribution is 0.0565. The number of hydrogen-bond acceptors (Lipinski definition) is 4. The summed E-state index contributed by atoms with van der Waals surface area (Å²) in [5.41, 5.74) is 0. The van der Waals surface area contributed by atoms with E-state index in [1.165, 1.54) is 89.9 Å². The molecule has 29 heavy (non-hydrogen) atoms. The van der Waals surface area contributed by atoms with Crippen molar-refractivity contribution >= 4 is 8.97 Å². The molecule has 0 aromatic carbocycles. The molecule has 0 N–H and O–H groups in total. The van der Waals surface area contributed by atoms with Crippen LogP contribution in [0.3, 0.4) is 0 Å². The lowest BCUT2D eigenvalue weighted by Crippen LogP contribution is -2.59. The fourth-order valence-electron chi connectivity index (χ4n) is 3.84. The lowest BCUT2D eigenvalue weighted by atomic mass is 10.1. The Morgan fingerprint density at radius 2 is 1.00 bits per heavy atom. The van der Waals surface area contributed by atoms with Crippen molar-refractivity contribution in [3.63, 3.8) is 0 Å². The van der Waals surface area contributed by atoms with Gasteiger partial charge < -0.3 is 13.3 Å². The van der Waals surface area contributed by atoms with E-state index in [1.807, 2.05) is 0 Å². The summed E-state index contributed by atoms with van der Waals surface area (Å²) in [5.74, 6) is 0. The first-order valence-corrected chi connectivity index (χ1v) is 13.9. The van der Waals surface area contributed by atoms with Gasteiger partial charge in [0.25, 0.3) is 0 Å². The van der Waals surface area contributed by atoms with Gasteiger partial charge in [-0.2, -0.15) is 0 Å². The van der Waals surface area contributed by atoms with Gasteiger partial charge in [0.1, 0.15) is 0 Å². The molecule has 0 aromatic heterocycles. The quantitative estimate of drug-likeness (QED) is 0.104. The molecule has 5 heteroatoms. The summed E-state index contributed by atoms with van der Waals surface area (Å²) >= 11 is 0. The van der Waals surface area contributed by atoms with Gasteiger partial charge in [0.05, 0.1) is 0 Å². The molecular weight excluding hydrogens is 378 g/mol. The van der Waals surface area contributed by atoms with Crippen molar-refractivity contribution in [3.05, 3.63) is 12.2 Å². The van der Waals surface area contributed by atoms with Crippen LogP contribution in [0.4, 0.5) is 0 Å². The Kier molecular flexibility index (Phi) is 20.9. The zero-order valence-corrected chi connectivity index (χ0v) is 21.3. The fraction of sp³-hybridized carbons (Fsp3) is 0.917. The molecule has 0 fully saturated rings. The summed E-state index contributed by atoms with van der Waals surface area (Å²) in [6.45, 7) is 6.43. The smallest absolute Gasteiger partial charge is 0.364 e. The molecule has 0 heterocycles. The maximum atomic E-state index is 5.64. The highest BCUT2D eigenvalue weighted by molar-refractivity contribution is 6.57. The van der Waals surface area contributed by atoms with Crippen LogP contribution in [0, 0.1) is 0 Å². The van der Waals surface area contributed by atoms with Crippen LogP contribution >= 0.6 is 0 Å². The van der Waals surface area contributed by atoms with E-state index in [2.05, 4.69) is 30.6 Å². The summed E-state index contributed by atoms with van der Waals surface area (Å²) in [4.78, 5) is 0. The van der Waals surface area contributed by atoms with Gasteiger partial charge in [-0.05, 0) is 51.6 Å². The van der Waals surface area contributed by atoms with Crippen molar-refractivity contribution in [1.29, 1.82) is 0 Å². The zero-order chi connectivity index (χ0) is 21.6. The first-order valence-electron chi connectivity index (χ1n) is 12.3. The van der Waals surface area contributed by atoms with Gasteiger partial charge in [-0.25, -0.2) is 0 Å². The highest BCUT2D eigenvalue weighted by Crippen LogP contribution is 2.16. The van der Waals surface area contributed by atoms with Gasteiger partial charge in [-0.3, -0.25) is 4.57 Å². The van der Waals surface area contributed by atoms with Crippen molar-refractivity contribution in [3.8, 4) is 0 Å². The average Bonchev–Trinajstić information content (AvgIpc) is 2.75. The first kappa shape index (κ1) is 28.8. The van der Waals surface area contributed by atoms with Gasteiger partial charge in [-0.15, -0.1) is 0 Å². The Hall–Kier alpha value is -0.203. The Morgan fingerprint density at radius 3 is 1.45 bits per heavy atom. The fourth-order valence-corrected chi connectivity index (χ4v) is 6.05. The van der Waals surface area contributed by atoms with Gasteiger partial charge in [0.2, 0.25) is 0 Å². The molecule has 4 nitrogen and oxygen atoms in total. The van der Waals surface area contributed by atoms with Crippen molar-refractivity contribution < 1.29 is 13.3 Å². The minimum atomic E-state index is -2.65. The molecule has 0 atom stereocenters. The molecule has 0 aliphatic heterocycles. The average molecular weight is 430 g/mol. The molecule has 0 aliphatic carbocycles. The highest BCUT2D eigenvalue weighted by atomic mass is 28.4. The van der Waals surface area contributed by atoms with Crippen LogP contribution in [-0.2, 0) is 13.3 Å². The van der Waals surface area contributed by atoms with E-state index < -0.39 is 8.97 Å². The summed E-state index contributed by atoms with van der Waals surface area (Å²) in [7, 11) is 2.44. The van der Waals surface area contributed by atoms with Gasteiger partial charge >= 0.3 is 8.97 Å². The second-order valence-corrected chi connectivity index (χ2v) is 11.0. The van der Waals surface area contributed by atoms with Crippen LogP contribution in [0.15, 0.2) is 12.2 Å².